The summed E-state index contributed by atoms with van der Waals surface area (Å²) >= 11 is 0. The fourth-order valence-corrected chi connectivity index (χ4v) is 0.359. The molecule has 0 atom stereocenters. The van der Waals surface area contributed by atoms with Gasteiger partial charge in [-0.3, -0.25) is 4.43 Å². The van der Waals surface area contributed by atoms with E-state index in [1.165, 1.54) is 0 Å². The third-order valence-corrected chi connectivity index (χ3v) is 0.742. The zero-order valence-corrected chi connectivity index (χ0v) is 4.58. The molecule has 0 aliphatic heterocycles. The molecule has 7 heteroatoms. The van der Waals surface area contributed by atoms with Crippen molar-refractivity contribution in [2.24, 2.45) is 0 Å². The molecule has 0 amide bonds. The number of hydrogen-bond donors (Lipinski definition) is 3. The molecule has 3 N–H and O–H groups in total. The van der Waals surface area contributed by atoms with Crippen LogP contribution in [0.25, 0.3) is 0 Å². The first kappa shape index (κ1) is 7.92. The van der Waals surface area contributed by atoms with Crippen LogP contribution >= 0.6 is 0 Å². The van der Waals surface area contributed by atoms with E-state index in [2.05, 4.69) is 4.43 Å². The summed E-state index contributed by atoms with van der Waals surface area (Å²) in [6.07, 6.45) is 0. The lowest BCUT2D eigenvalue weighted by molar-refractivity contribution is -0.113. The first-order valence-electron chi connectivity index (χ1n) is 1.55. The summed E-state index contributed by atoms with van der Waals surface area (Å²) in [4.78, 5) is 23.2. The van der Waals surface area contributed by atoms with E-state index in [4.69, 9.17) is 14.4 Å². The Morgan fingerprint density at radius 2 is 1.62 bits per heavy atom. The first-order valence-corrected chi connectivity index (χ1v) is 3.30. The molecule has 0 unspecified atom stereocenters. The quantitative estimate of drug-likeness (QED) is 0.421. The molecule has 0 bridgehead atoms. The van der Waals surface area contributed by atoms with Gasteiger partial charge in [-0.2, -0.15) is 8.78 Å². The molecule has 0 aromatic carbocycles. The van der Waals surface area contributed by atoms with Gasteiger partial charge in [-0.1, -0.05) is 0 Å². The average Bonchev–Trinajstić information content (AvgIpc) is 1.21. The molecule has 0 aliphatic carbocycles. The monoisotopic (exact) mass is 146 g/mol. The molecule has 4 nitrogen and oxygen atoms in total. The third kappa shape index (κ3) is 5.92. The van der Waals surface area contributed by atoms with Gasteiger partial charge < -0.3 is 14.4 Å². The molecule has 0 heterocycles. The maximum Gasteiger partial charge on any atom is 0.675 e. The minimum atomic E-state index is -4.97. The minimum absolute atomic E-state index is 2.91. The van der Waals surface area contributed by atoms with E-state index < -0.39 is 15.7 Å². The summed E-state index contributed by atoms with van der Waals surface area (Å²) < 4.78 is 24.6. The van der Waals surface area contributed by atoms with Crippen molar-refractivity contribution < 1.29 is 27.6 Å². The summed E-state index contributed by atoms with van der Waals surface area (Å²) in [7, 11) is -4.97. The van der Waals surface area contributed by atoms with Crippen LogP contribution in [-0.4, -0.2) is 30.0 Å². The molecule has 0 aromatic heterocycles. The largest absolute Gasteiger partial charge is 0.675 e. The molecular weight excluding hydrogens is 142 g/mol. The lowest BCUT2D eigenvalue weighted by atomic mass is 11.5. The summed E-state index contributed by atoms with van der Waals surface area (Å²) in [6.45, 7) is -3.35. The van der Waals surface area contributed by atoms with Crippen molar-refractivity contribution in [2.75, 3.05) is 0 Å². The predicted octanol–water partition coefficient (Wildman–Crippen LogP) is -1.36. The number of rotatable bonds is 2. The third-order valence-electron chi connectivity index (χ3n) is 0.247. The van der Waals surface area contributed by atoms with Gasteiger partial charge in [0.25, 0.3) is 0 Å². The average molecular weight is 146 g/mol. The van der Waals surface area contributed by atoms with Crippen LogP contribution in [0, 0.1) is 0 Å². The van der Waals surface area contributed by atoms with Crippen LogP contribution in [0.4, 0.5) is 8.78 Å². The second-order valence-corrected chi connectivity index (χ2v) is 2.34. The van der Waals surface area contributed by atoms with E-state index in [0.717, 1.165) is 0 Å². The normalized spacial score (nSPS) is 12.8. The summed E-state index contributed by atoms with van der Waals surface area (Å²) in [5.41, 5.74) is 0. The molecular formula is CH4F2O4Si. The highest BCUT2D eigenvalue weighted by atomic mass is 28.4. The molecule has 0 fully saturated rings. The summed E-state index contributed by atoms with van der Waals surface area (Å²) in [5, 5.41) is 0. The van der Waals surface area contributed by atoms with E-state index in [0.29, 0.717) is 0 Å². The Hall–Kier alpha value is -0.0831. The highest BCUT2D eigenvalue weighted by molar-refractivity contribution is 6.48. The fraction of sp³-hybridized carbons (Fsp3) is 1.00. The molecule has 0 radical (unpaired) electrons. The molecule has 0 spiro atoms. The van der Waals surface area contributed by atoms with Gasteiger partial charge in [-0.25, -0.2) is 0 Å². The molecule has 0 aromatic rings. The highest BCUT2D eigenvalue weighted by Crippen LogP contribution is 1.99. The molecule has 8 heavy (non-hydrogen) atoms. The van der Waals surface area contributed by atoms with Gasteiger partial charge in [0.05, 0.1) is 0 Å². The van der Waals surface area contributed by atoms with E-state index in [9.17, 15) is 8.78 Å². The molecule has 0 rings (SSSR count). The van der Waals surface area contributed by atoms with Crippen LogP contribution in [0.15, 0.2) is 0 Å². The Kier molecular flexibility index (Phi) is 2.44. The van der Waals surface area contributed by atoms with Crippen molar-refractivity contribution in [3.05, 3.63) is 0 Å². The Bertz CT molecular complexity index is 68.9. The Labute approximate surface area is 44.4 Å². The van der Waals surface area contributed by atoms with Crippen molar-refractivity contribution in [1.82, 2.24) is 0 Å². The predicted molar refractivity (Wildman–Crippen MR) is 19.5 cm³/mol. The van der Waals surface area contributed by atoms with Gasteiger partial charge in [-0.05, 0) is 0 Å². The summed E-state index contributed by atoms with van der Waals surface area (Å²) in [6, 6.07) is 0. The topological polar surface area (TPSA) is 69.9 Å². The van der Waals surface area contributed by atoms with Crippen LogP contribution in [-0.2, 0) is 4.43 Å². The Morgan fingerprint density at radius 3 is 1.62 bits per heavy atom. The smallest absolute Gasteiger partial charge is 0.367 e. The van der Waals surface area contributed by atoms with E-state index in [1.54, 1.807) is 0 Å². The van der Waals surface area contributed by atoms with Gasteiger partial charge >= 0.3 is 15.7 Å². The second-order valence-electron chi connectivity index (χ2n) is 0.952. The SMILES string of the molecule is O[Si](O)(O)OC(F)F. The van der Waals surface area contributed by atoms with E-state index in [-0.39, 0.29) is 0 Å². The van der Waals surface area contributed by atoms with E-state index >= 15 is 0 Å². The second kappa shape index (κ2) is 2.46. The van der Waals surface area contributed by atoms with Crippen LogP contribution in [0.2, 0.25) is 0 Å². The minimum Gasteiger partial charge on any atom is -0.367 e. The molecule has 50 valence electrons. The lowest BCUT2D eigenvalue weighted by Gasteiger charge is -2.06. The standard InChI is InChI=1S/CH4F2O4Si/c2-1(3)7-8(4,5)6/h1,4-6H. The maximum absolute atomic E-state index is 10.9. The molecule has 0 saturated heterocycles. The Balaban J connectivity index is 3.39. The lowest BCUT2D eigenvalue weighted by Crippen LogP contribution is -2.40. The zero-order valence-electron chi connectivity index (χ0n) is 3.58. The van der Waals surface area contributed by atoms with Crippen LogP contribution in [0.1, 0.15) is 0 Å². The maximum atomic E-state index is 10.9. The van der Waals surface area contributed by atoms with Crippen molar-refractivity contribution in [3.63, 3.8) is 0 Å². The van der Waals surface area contributed by atoms with Crippen molar-refractivity contribution in [2.45, 2.75) is 6.61 Å². The van der Waals surface area contributed by atoms with Crippen LogP contribution in [0.5, 0.6) is 0 Å². The highest BCUT2D eigenvalue weighted by Gasteiger charge is 2.34. The van der Waals surface area contributed by atoms with Crippen molar-refractivity contribution in [3.8, 4) is 0 Å². The Morgan fingerprint density at radius 1 is 1.25 bits per heavy atom. The van der Waals surface area contributed by atoms with Gasteiger partial charge in [-0.15, -0.1) is 0 Å². The number of alkyl halides is 2. The van der Waals surface area contributed by atoms with Gasteiger partial charge in [0.1, 0.15) is 0 Å². The molecule has 0 aliphatic rings. The van der Waals surface area contributed by atoms with Crippen molar-refractivity contribution >= 4 is 9.05 Å². The first-order chi connectivity index (χ1) is 3.42. The van der Waals surface area contributed by atoms with Gasteiger partial charge in [0.2, 0.25) is 0 Å². The van der Waals surface area contributed by atoms with E-state index in [1.807, 2.05) is 0 Å². The molecule has 0 saturated carbocycles. The van der Waals surface area contributed by atoms with Crippen LogP contribution in [0.3, 0.4) is 0 Å². The fourth-order valence-electron chi connectivity index (χ4n) is 0.120. The summed E-state index contributed by atoms with van der Waals surface area (Å²) in [5.74, 6) is 0. The van der Waals surface area contributed by atoms with Crippen molar-refractivity contribution in [1.29, 1.82) is 0 Å². The zero-order chi connectivity index (χ0) is 6.78. The van der Waals surface area contributed by atoms with Gasteiger partial charge in [0.15, 0.2) is 0 Å². The van der Waals surface area contributed by atoms with Crippen LogP contribution < -0.4 is 0 Å². The number of hydrogen-bond acceptors (Lipinski definition) is 4. The number of halogens is 2. The van der Waals surface area contributed by atoms with Gasteiger partial charge in [0, 0.05) is 0 Å².